The van der Waals surface area contributed by atoms with Crippen LogP contribution in [0.15, 0.2) is 0 Å². The third-order valence-corrected chi connectivity index (χ3v) is 1.05. The van der Waals surface area contributed by atoms with E-state index in [9.17, 15) is 4.79 Å². The van der Waals surface area contributed by atoms with Crippen molar-refractivity contribution in [2.45, 2.75) is 39.3 Å². The molecule has 0 unspecified atom stereocenters. The van der Waals surface area contributed by atoms with Gasteiger partial charge in [-0.05, 0) is 27.7 Å². The van der Waals surface area contributed by atoms with Crippen LogP contribution in [0.2, 0.25) is 0 Å². The number of carbonyl (C=O) groups excluding carboxylic acids is 1. The minimum absolute atomic E-state index is 0.233. The molecule has 4 heteroatoms. The first kappa shape index (κ1) is 11.2. The van der Waals surface area contributed by atoms with Gasteiger partial charge in [0.15, 0.2) is 0 Å². The summed E-state index contributed by atoms with van der Waals surface area (Å²) in [5, 5.41) is 14.1. The topological polar surface area (TPSA) is 61.4 Å². The van der Waals surface area contributed by atoms with Gasteiger partial charge in [-0.3, -0.25) is 0 Å². The Morgan fingerprint density at radius 1 is 1.50 bits per heavy atom. The number of aliphatic hydroxyl groups excluding tert-OH is 1. The van der Waals surface area contributed by atoms with Crippen LogP contribution in [0, 0.1) is 0 Å². The van der Waals surface area contributed by atoms with Crippen LogP contribution in [-0.2, 0) is 0 Å². The van der Waals surface area contributed by atoms with Crippen molar-refractivity contribution in [2.24, 2.45) is 0 Å². The Morgan fingerprint density at radius 2 is 2.00 bits per heavy atom. The van der Waals surface area contributed by atoms with Gasteiger partial charge in [0.2, 0.25) is 0 Å². The Balaban J connectivity index is 3.61. The molecule has 0 aromatic rings. The number of aliphatic hydroxyl groups is 1. The van der Waals surface area contributed by atoms with Gasteiger partial charge in [0.05, 0.1) is 6.10 Å². The maximum atomic E-state index is 11.0. The van der Waals surface area contributed by atoms with Crippen LogP contribution < -0.4 is 10.6 Å². The van der Waals surface area contributed by atoms with Crippen LogP contribution in [0.25, 0.3) is 0 Å². The fourth-order valence-corrected chi connectivity index (χ4v) is 0.625. The molecule has 0 saturated heterocycles. The number of carbonyl (C=O) groups is 1. The van der Waals surface area contributed by atoms with Crippen LogP contribution >= 0.6 is 0 Å². The molecule has 0 spiro atoms. The van der Waals surface area contributed by atoms with E-state index >= 15 is 0 Å². The monoisotopic (exact) mass is 174 g/mol. The molecule has 0 aromatic carbocycles. The van der Waals surface area contributed by atoms with Crippen molar-refractivity contribution in [3.05, 3.63) is 0 Å². The Bertz CT molecular complexity index is 150. The van der Waals surface area contributed by atoms with Crippen molar-refractivity contribution in [3.8, 4) is 0 Å². The summed E-state index contributed by atoms with van der Waals surface area (Å²) in [6.07, 6.45) is -0.504. The van der Waals surface area contributed by atoms with Gasteiger partial charge in [0.25, 0.3) is 0 Å². The van der Waals surface area contributed by atoms with Crippen LogP contribution in [0.3, 0.4) is 0 Å². The second-order valence-corrected chi connectivity index (χ2v) is 3.93. The molecule has 0 heterocycles. The standard InChI is InChI=1S/C8H18N2O2/c1-6(11)5-9-7(12)10-8(2,3)4/h6,11H,5H2,1-4H3,(H2,9,10,12)/t6-/m0/s1. The minimum atomic E-state index is -0.504. The maximum absolute atomic E-state index is 11.0. The van der Waals surface area contributed by atoms with E-state index in [4.69, 9.17) is 5.11 Å². The summed E-state index contributed by atoms with van der Waals surface area (Å²) >= 11 is 0. The fourth-order valence-electron chi connectivity index (χ4n) is 0.625. The molecule has 3 N–H and O–H groups in total. The third-order valence-electron chi connectivity index (χ3n) is 1.05. The molecule has 12 heavy (non-hydrogen) atoms. The maximum Gasteiger partial charge on any atom is 0.315 e. The first-order valence-corrected chi connectivity index (χ1v) is 4.05. The van der Waals surface area contributed by atoms with Crippen LogP contribution in [-0.4, -0.2) is 29.3 Å². The summed E-state index contributed by atoms with van der Waals surface area (Å²) in [6, 6.07) is -0.247. The van der Waals surface area contributed by atoms with E-state index in [1.165, 1.54) is 0 Å². The third kappa shape index (κ3) is 7.34. The van der Waals surface area contributed by atoms with E-state index in [2.05, 4.69) is 10.6 Å². The molecule has 0 aliphatic carbocycles. The molecule has 4 nitrogen and oxygen atoms in total. The van der Waals surface area contributed by atoms with Crippen molar-refractivity contribution in [1.29, 1.82) is 0 Å². The van der Waals surface area contributed by atoms with E-state index < -0.39 is 6.10 Å². The zero-order valence-electron chi connectivity index (χ0n) is 8.14. The highest BCUT2D eigenvalue weighted by Gasteiger charge is 2.12. The SMILES string of the molecule is C[C@H](O)CNC(=O)NC(C)(C)C. The van der Waals surface area contributed by atoms with E-state index in [1.807, 2.05) is 20.8 Å². The molecule has 0 fully saturated rings. The van der Waals surface area contributed by atoms with Gasteiger partial charge in [0, 0.05) is 12.1 Å². The van der Waals surface area contributed by atoms with Gasteiger partial charge in [-0.25, -0.2) is 4.79 Å². The van der Waals surface area contributed by atoms with Crippen molar-refractivity contribution >= 4 is 6.03 Å². The molecule has 0 aromatic heterocycles. The summed E-state index contributed by atoms with van der Waals surface area (Å²) in [4.78, 5) is 11.0. The molecule has 0 saturated carbocycles. The molecule has 72 valence electrons. The highest BCUT2D eigenvalue weighted by molar-refractivity contribution is 5.74. The largest absolute Gasteiger partial charge is 0.392 e. The molecular weight excluding hydrogens is 156 g/mol. The summed E-state index contributed by atoms with van der Waals surface area (Å²) < 4.78 is 0. The number of hydrogen-bond acceptors (Lipinski definition) is 2. The van der Waals surface area contributed by atoms with Gasteiger partial charge in [-0.15, -0.1) is 0 Å². The number of nitrogens with one attached hydrogen (secondary N) is 2. The summed E-state index contributed by atoms with van der Waals surface area (Å²) in [5.74, 6) is 0. The second kappa shape index (κ2) is 4.30. The first-order chi connectivity index (χ1) is 5.31. The lowest BCUT2D eigenvalue weighted by molar-refractivity contribution is 0.185. The van der Waals surface area contributed by atoms with E-state index in [0.29, 0.717) is 0 Å². The molecule has 0 aliphatic rings. The Kier molecular flexibility index (Phi) is 4.03. The Morgan fingerprint density at radius 3 is 2.33 bits per heavy atom. The predicted octanol–water partition coefficient (Wildman–Crippen LogP) is 0.465. The van der Waals surface area contributed by atoms with Crippen LogP contribution in [0.4, 0.5) is 4.79 Å². The number of urea groups is 1. The molecule has 0 bridgehead atoms. The average molecular weight is 174 g/mol. The van der Waals surface area contributed by atoms with Gasteiger partial charge in [-0.1, -0.05) is 0 Å². The predicted molar refractivity (Wildman–Crippen MR) is 48.0 cm³/mol. The van der Waals surface area contributed by atoms with Crippen LogP contribution in [0.5, 0.6) is 0 Å². The highest BCUT2D eigenvalue weighted by atomic mass is 16.3. The lowest BCUT2D eigenvalue weighted by Crippen LogP contribution is -2.47. The molecule has 0 radical (unpaired) electrons. The van der Waals surface area contributed by atoms with Crippen molar-refractivity contribution in [2.75, 3.05) is 6.54 Å². The lowest BCUT2D eigenvalue weighted by atomic mass is 10.1. The summed E-state index contributed by atoms with van der Waals surface area (Å²) in [6.45, 7) is 7.60. The molecule has 0 aliphatic heterocycles. The fraction of sp³-hybridized carbons (Fsp3) is 0.875. The van der Waals surface area contributed by atoms with E-state index in [0.717, 1.165) is 0 Å². The van der Waals surface area contributed by atoms with Gasteiger partial charge in [0.1, 0.15) is 0 Å². The molecular formula is C8H18N2O2. The zero-order valence-corrected chi connectivity index (χ0v) is 8.14. The minimum Gasteiger partial charge on any atom is -0.392 e. The van der Waals surface area contributed by atoms with Gasteiger partial charge in [-0.2, -0.15) is 0 Å². The first-order valence-electron chi connectivity index (χ1n) is 4.05. The number of amides is 2. The smallest absolute Gasteiger partial charge is 0.315 e. The van der Waals surface area contributed by atoms with Gasteiger partial charge < -0.3 is 15.7 Å². The van der Waals surface area contributed by atoms with Crippen molar-refractivity contribution in [1.82, 2.24) is 10.6 Å². The highest BCUT2D eigenvalue weighted by Crippen LogP contribution is 1.97. The van der Waals surface area contributed by atoms with Gasteiger partial charge >= 0.3 is 6.03 Å². The normalized spacial score (nSPS) is 13.8. The Hall–Kier alpha value is -0.770. The van der Waals surface area contributed by atoms with E-state index in [1.54, 1.807) is 6.92 Å². The quantitative estimate of drug-likeness (QED) is 0.569. The second-order valence-electron chi connectivity index (χ2n) is 3.93. The summed E-state index contributed by atoms with van der Waals surface area (Å²) in [5.41, 5.74) is -0.233. The average Bonchev–Trinajstić information content (AvgIpc) is 1.79. The molecule has 0 rings (SSSR count). The van der Waals surface area contributed by atoms with Crippen LogP contribution in [0.1, 0.15) is 27.7 Å². The molecule has 2 amide bonds. The Labute approximate surface area is 73.3 Å². The van der Waals surface area contributed by atoms with E-state index in [-0.39, 0.29) is 18.1 Å². The zero-order chi connectivity index (χ0) is 9.78. The lowest BCUT2D eigenvalue weighted by Gasteiger charge is -2.21. The number of hydrogen-bond donors (Lipinski definition) is 3. The molecule has 1 atom stereocenters. The van der Waals surface area contributed by atoms with Crippen molar-refractivity contribution in [3.63, 3.8) is 0 Å². The van der Waals surface area contributed by atoms with Crippen molar-refractivity contribution < 1.29 is 9.90 Å². The summed E-state index contributed by atoms with van der Waals surface area (Å²) in [7, 11) is 0. The number of rotatable bonds is 2.